The van der Waals surface area contributed by atoms with Crippen molar-refractivity contribution in [3.8, 4) is 0 Å². The van der Waals surface area contributed by atoms with Crippen LogP contribution >= 0.6 is 11.5 Å². The van der Waals surface area contributed by atoms with Gasteiger partial charge >= 0.3 is 0 Å². The summed E-state index contributed by atoms with van der Waals surface area (Å²) in [6.45, 7) is 0. The average molecular weight is 105 g/mol. The highest BCUT2D eigenvalue weighted by Gasteiger charge is 1.59. The van der Waals surface area contributed by atoms with Gasteiger partial charge in [-0.05, 0) is 17.6 Å². The Hall–Kier alpha value is -0.440. The summed E-state index contributed by atoms with van der Waals surface area (Å²) >= 11 is 1.46. The largest absolute Gasteiger partial charge is 0.269 e. The molecule has 0 aromatic carbocycles. The molecule has 1 aromatic rings. The predicted molar refractivity (Wildman–Crippen MR) is 24.6 cm³/mol. The van der Waals surface area contributed by atoms with E-state index in [1.54, 1.807) is 6.20 Å². The van der Waals surface area contributed by atoms with Crippen LogP contribution in [0.1, 0.15) is 0 Å². The van der Waals surface area contributed by atoms with E-state index < -0.39 is 0 Å². The van der Waals surface area contributed by atoms with E-state index >= 15 is 0 Å². The fourth-order valence-corrected chi connectivity index (χ4v) is 0.527. The third-order valence-corrected chi connectivity index (χ3v) is 0.869. The molecule has 0 atom stereocenters. The van der Waals surface area contributed by atoms with Crippen molar-refractivity contribution in [2.45, 2.75) is 0 Å². The Morgan fingerprint density at radius 3 is 2.50 bits per heavy atom. The number of nitrogens with zero attached hydrogens (tertiary/aromatic N) is 1. The van der Waals surface area contributed by atoms with E-state index in [4.69, 9.17) is 0 Å². The molecule has 0 radical (unpaired) electrons. The molecule has 1 nitrogen and oxygen atoms in total. The maximum absolute atomic E-state index is 3.76. The molecular formula is C3H4FNS. The normalized spacial score (nSPS) is 6.67. The van der Waals surface area contributed by atoms with Crippen LogP contribution in [0, 0.1) is 0 Å². The van der Waals surface area contributed by atoms with Crippen molar-refractivity contribution in [3.05, 3.63) is 17.6 Å². The molecular weight excluding hydrogens is 101 g/mol. The van der Waals surface area contributed by atoms with E-state index in [-0.39, 0.29) is 4.70 Å². The van der Waals surface area contributed by atoms with E-state index in [9.17, 15) is 0 Å². The standard InChI is InChI=1S/C3H3NS.FH/c1-2-4-5-3-1;/h1-3H;1H. The summed E-state index contributed by atoms with van der Waals surface area (Å²) in [5.41, 5.74) is 0. The highest BCUT2D eigenvalue weighted by molar-refractivity contribution is 7.03. The topological polar surface area (TPSA) is 12.9 Å². The van der Waals surface area contributed by atoms with Gasteiger partial charge in [0.05, 0.1) is 0 Å². The second-order valence-electron chi connectivity index (χ2n) is 0.688. The van der Waals surface area contributed by atoms with Crippen molar-refractivity contribution in [2.24, 2.45) is 0 Å². The first-order chi connectivity index (χ1) is 2.50. The zero-order chi connectivity index (χ0) is 3.54. The minimum absolute atomic E-state index is 0. The summed E-state index contributed by atoms with van der Waals surface area (Å²) in [4.78, 5) is 0. The molecule has 0 unspecified atom stereocenters. The van der Waals surface area contributed by atoms with Gasteiger partial charge in [0.25, 0.3) is 0 Å². The van der Waals surface area contributed by atoms with Gasteiger partial charge in [0.15, 0.2) is 0 Å². The van der Waals surface area contributed by atoms with Crippen LogP contribution < -0.4 is 0 Å². The third-order valence-electron chi connectivity index (χ3n) is 0.347. The average Bonchev–Trinajstić information content (AvgIpc) is 1.76. The van der Waals surface area contributed by atoms with Crippen LogP contribution in [0.15, 0.2) is 17.6 Å². The molecule has 0 bridgehead atoms. The maximum atomic E-state index is 3.76. The first kappa shape index (κ1) is 5.56. The van der Waals surface area contributed by atoms with Gasteiger partial charge < -0.3 is 0 Å². The van der Waals surface area contributed by atoms with Crippen molar-refractivity contribution in [1.29, 1.82) is 0 Å². The second kappa shape index (κ2) is 2.78. The summed E-state index contributed by atoms with van der Waals surface area (Å²) in [7, 11) is 0. The third kappa shape index (κ3) is 1.12. The van der Waals surface area contributed by atoms with E-state index in [0.29, 0.717) is 0 Å². The molecule has 0 spiro atoms. The van der Waals surface area contributed by atoms with Crippen LogP contribution in [-0.4, -0.2) is 4.37 Å². The molecule has 6 heavy (non-hydrogen) atoms. The first-order valence-electron chi connectivity index (χ1n) is 1.34. The number of rotatable bonds is 0. The summed E-state index contributed by atoms with van der Waals surface area (Å²) < 4.78 is 3.76. The highest BCUT2D eigenvalue weighted by atomic mass is 32.1. The number of hydrogen-bond acceptors (Lipinski definition) is 2. The molecule has 0 aliphatic carbocycles. The van der Waals surface area contributed by atoms with Gasteiger partial charge in [0, 0.05) is 11.6 Å². The van der Waals surface area contributed by atoms with Crippen molar-refractivity contribution < 1.29 is 4.70 Å². The lowest BCUT2D eigenvalue weighted by atomic mass is 10.8. The van der Waals surface area contributed by atoms with Gasteiger partial charge in [0.1, 0.15) is 0 Å². The molecule has 0 saturated carbocycles. The first-order valence-corrected chi connectivity index (χ1v) is 2.18. The summed E-state index contributed by atoms with van der Waals surface area (Å²) in [5.74, 6) is 0. The molecule has 0 saturated heterocycles. The van der Waals surface area contributed by atoms with Crippen molar-refractivity contribution in [1.82, 2.24) is 4.37 Å². The Labute approximate surface area is 39.2 Å². The Balaban J connectivity index is 0.000000250. The van der Waals surface area contributed by atoms with Gasteiger partial charge in [-0.15, -0.1) is 0 Å². The molecule has 0 fully saturated rings. The molecule has 1 rings (SSSR count). The van der Waals surface area contributed by atoms with E-state index in [1.807, 2.05) is 11.4 Å². The zero-order valence-corrected chi connectivity index (χ0v) is 3.81. The highest BCUT2D eigenvalue weighted by Crippen LogP contribution is 1.83. The zero-order valence-electron chi connectivity index (χ0n) is 3.00. The van der Waals surface area contributed by atoms with E-state index in [0.717, 1.165) is 0 Å². The lowest BCUT2D eigenvalue weighted by molar-refractivity contribution is 1.11. The van der Waals surface area contributed by atoms with Crippen LogP contribution in [0.2, 0.25) is 0 Å². The Morgan fingerprint density at radius 1 is 1.50 bits per heavy atom. The maximum Gasteiger partial charge on any atom is 0.0406 e. The smallest absolute Gasteiger partial charge is 0.0406 e. The molecule has 0 aliphatic heterocycles. The molecule has 1 aromatic heterocycles. The number of halogens is 1. The molecule has 0 amide bonds. The lowest BCUT2D eigenvalue weighted by Crippen LogP contribution is -1.32. The van der Waals surface area contributed by atoms with Crippen molar-refractivity contribution in [2.75, 3.05) is 0 Å². The summed E-state index contributed by atoms with van der Waals surface area (Å²) in [6.07, 6.45) is 1.77. The minimum Gasteiger partial charge on any atom is -0.269 e. The fourth-order valence-electron chi connectivity index (χ4n) is 0.176. The van der Waals surface area contributed by atoms with Crippen LogP contribution in [0.5, 0.6) is 0 Å². The molecule has 3 heteroatoms. The Kier molecular flexibility index (Phi) is 2.58. The number of hydrogen-bond donors (Lipinski definition) is 0. The predicted octanol–water partition coefficient (Wildman–Crippen LogP) is 1.30. The quantitative estimate of drug-likeness (QED) is 0.484. The lowest BCUT2D eigenvalue weighted by Gasteiger charge is -1.41. The summed E-state index contributed by atoms with van der Waals surface area (Å²) in [5, 5.41) is 1.93. The van der Waals surface area contributed by atoms with Gasteiger partial charge in [0.2, 0.25) is 0 Å². The Morgan fingerprint density at radius 2 is 2.33 bits per heavy atom. The second-order valence-corrected chi connectivity index (χ2v) is 1.38. The van der Waals surface area contributed by atoms with E-state index in [2.05, 4.69) is 4.37 Å². The van der Waals surface area contributed by atoms with Crippen LogP contribution in [0.25, 0.3) is 0 Å². The van der Waals surface area contributed by atoms with Crippen molar-refractivity contribution >= 4 is 11.5 Å². The van der Waals surface area contributed by atoms with Gasteiger partial charge in [-0.2, -0.15) is 0 Å². The van der Waals surface area contributed by atoms with Crippen LogP contribution in [0.3, 0.4) is 0 Å². The monoisotopic (exact) mass is 105 g/mol. The number of aromatic nitrogens is 1. The Bertz CT molecular complexity index is 67.3. The van der Waals surface area contributed by atoms with Gasteiger partial charge in [-0.25, -0.2) is 4.37 Å². The molecule has 0 aliphatic rings. The van der Waals surface area contributed by atoms with Gasteiger partial charge in [-0.1, -0.05) is 0 Å². The van der Waals surface area contributed by atoms with E-state index in [1.165, 1.54) is 11.5 Å². The summed E-state index contributed by atoms with van der Waals surface area (Å²) in [6, 6.07) is 1.91. The molecule has 34 valence electrons. The van der Waals surface area contributed by atoms with Crippen LogP contribution in [-0.2, 0) is 0 Å². The van der Waals surface area contributed by atoms with Crippen LogP contribution in [0.4, 0.5) is 4.70 Å². The van der Waals surface area contributed by atoms with Crippen molar-refractivity contribution in [3.63, 3.8) is 0 Å². The fraction of sp³-hybridized carbons (Fsp3) is 0. The SMILES string of the molecule is F.c1cnsc1. The molecule has 1 heterocycles. The minimum atomic E-state index is 0. The molecule has 0 N–H and O–H groups in total. The van der Waals surface area contributed by atoms with Gasteiger partial charge in [-0.3, -0.25) is 4.70 Å².